The van der Waals surface area contributed by atoms with Crippen molar-refractivity contribution in [2.75, 3.05) is 17.2 Å². The van der Waals surface area contributed by atoms with Crippen molar-refractivity contribution in [2.45, 2.75) is 6.92 Å². The molecule has 0 aliphatic rings. The predicted molar refractivity (Wildman–Crippen MR) is 84.0 cm³/mol. The molecule has 1 amide bonds. The molecule has 0 aliphatic heterocycles. The Labute approximate surface area is 126 Å². The SMILES string of the molecule is CCN(C(=O)c1ccc(Br)cc1N)c1cccc(O)c1. The Kier molecular flexibility index (Phi) is 4.29. The van der Waals surface area contributed by atoms with Gasteiger partial charge in [-0.05, 0) is 37.3 Å². The van der Waals surface area contributed by atoms with Crippen LogP contribution in [0.25, 0.3) is 0 Å². The molecule has 20 heavy (non-hydrogen) atoms. The molecule has 0 fully saturated rings. The number of hydrogen-bond acceptors (Lipinski definition) is 3. The topological polar surface area (TPSA) is 66.6 Å². The summed E-state index contributed by atoms with van der Waals surface area (Å²) in [5.41, 5.74) is 7.40. The second-order valence-electron chi connectivity index (χ2n) is 4.30. The summed E-state index contributed by atoms with van der Waals surface area (Å²) in [4.78, 5) is 14.1. The molecule has 0 aromatic heterocycles. The molecule has 0 bridgehead atoms. The van der Waals surface area contributed by atoms with E-state index in [9.17, 15) is 9.90 Å². The highest BCUT2D eigenvalue weighted by Crippen LogP contribution is 2.25. The van der Waals surface area contributed by atoms with Gasteiger partial charge in [0.05, 0.1) is 5.56 Å². The van der Waals surface area contributed by atoms with E-state index in [2.05, 4.69) is 15.9 Å². The Hall–Kier alpha value is -2.01. The molecule has 0 heterocycles. The highest BCUT2D eigenvalue weighted by atomic mass is 79.9. The van der Waals surface area contributed by atoms with Gasteiger partial charge in [-0.15, -0.1) is 0 Å². The molecule has 0 radical (unpaired) electrons. The van der Waals surface area contributed by atoms with Crippen molar-refractivity contribution >= 4 is 33.2 Å². The van der Waals surface area contributed by atoms with Crippen LogP contribution in [0.3, 0.4) is 0 Å². The highest BCUT2D eigenvalue weighted by Gasteiger charge is 2.18. The van der Waals surface area contributed by atoms with Gasteiger partial charge in [-0.25, -0.2) is 0 Å². The molecular formula is C15H15BrN2O2. The number of benzene rings is 2. The van der Waals surface area contributed by atoms with Crippen molar-refractivity contribution in [2.24, 2.45) is 0 Å². The maximum Gasteiger partial charge on any atom is 0.260 e. The van der Waals surface area contributed by atoms with Gasteiger partial charge < -0.3 is 15.7 Å². The minimum atomic E-state index is -0.192. The number of carbonyl (C=O) groups excluding carboxylic acids is 1. The third-order valence-corrected chi connectivity index (χ3v) is 3.44. The zero-order chi connectivity index (χ0) is 14.7. The summed E-state index contributed by atoms with van der Waals surface area (Å²) in [7, 11) is 0. The van der Waals surface area contributed by atoms with Crippen molar-refractivity contribution in [3.8, 4) is 5.75 Å². The zero-order valence-electron chi connectivity index (χ0n) is 11.0. The Morgan fingerprint density at radius 1 is 1.30 bits per heavy atom. The Morgan fingerprint density at radius 2 is 2.05 bits per heavy atom. The number of halogens is 1. The molecule has 0 unspecified atom stereocenters. The third kappa shape index (κ3) is 2.93. The highest BCUT2D eigenvalue weighted by molar-refractivity contribution is 9.10. The smallest absolute Gasteiger partial charge is 0.260 e. The predicted octanol–water partition coefficient (Wildman–Crippen LogP) is 3.40. The number of aromatic hydroxyl groups is 1. The van der Waals surface area contributed by atoms with Gasteiger partial charge >= 0.3 is 0 Å². The van der Waals surface area contributed by atoms with Crippen molar-refractivity contribution in [3.05, 3.63) is 52.5 Å². The van der Waals surface area contributed by atoms with Crippen LogP contribution in [-0.2, 0) is 0 Å². The van der Waals surface area contributed by atoms with E-state index in [1.165, 1.54) is 0 Å². The number of nitrogen functional groups attached to an aromatic ring is 1. The van der Waals surface area contributed by atoms with E-state index in [0.29, 0.717) is 23.5 Å². The molecule has 0 atom stereocenters. The summed E-state index contributed by atoms with van der Waals surface area (Å²) in [6, 6.07) is 11.8. The maximum absolute atomic E-state index is 12.6. The van der Waals surface area contributed by atoms with Gasteiger partial charge in [0.15, 0.2) is 0 Å². The van der Waals surface area contributed by atoms with Gasteiger partial charge in [0.1, 0.15) is 5.75 Å². The van der Waals surface area contributed by atoms with Crippen molar-refractivity contribution in [3.63, 3.8) is 0 Å². The van der Waals surface area contributed by atoms with Crippen molar-refractivity contribution < 1.29 is 9.90 Å². The van der Waals surface area contributed by atoms with Gasteiger partial charge in [0, 0.05) is 28.5 Å². The van der Waals surface area contributed by atoms with Gasteiger partial charge in [0.2, 0.25) is 0 Å². The Bertz CT molecular complexity index is 644. The van der Waals surface area contributed by atoms with Crippen molar-refractivity contribution in [1.29, 1.82) is 0 Å². The maximum atomic E-state index is 12.6. The number of nitrogens with zero attached hydrogens (tertiary/aromatic N) is 1. The van der Waals surface area contributed by atoms with Crippen molar-refractivity contribution in [1.82, 2.24) is 0 Å². The second-order valence-corrected chi connectivity index (χ2v) is 5.22. The zero-order valence-corrected chi connectivity index (χ0v) is 12.6. The minimum Gasteiger partial charge on any atom is -0.508 e. The molecule has 5 heteroatoms. The van der Waals surface area contributed by atoms with E-state index < -0.39 is 0 Å². The fourth-order valence-corrected chi connectivity index (χ4v) is 2.36. The summed E-state index contributed by atoms with van der Waals surface area (Å²) in [6.45, 7) is 2.36. The number of phenolic OH excluding ortho intramolecular Hbond substituents is 1. The van der Waals surface area contributed by atoms with Gasteiger partial charge in [-0.2, -0.15) is 0 Å². The lowest BCUT2D eigenvalue weighted by atomic mass is 10.1. The molecule has 2 rings (SSSR count). The van der Waals surface area contributed by atoms with Crippen LogP contribution in [0.5, 0.6) is 5.75 Å². The van der Waals surface area contributed by atoms with Gasteiger partial charge in [0.25, 0.3) is 5.91 Å². The molecule has 4 nitrogen and oxygen atoms in total. The number of anilines is 2. The summed E-state index contributed by atoms with van der Waals surface area (Å²) in [5, 5.41) is 9.53. The minimum absolute atomic E-state index is 0.123. The first-order valence-corrected chi connectivity index (χ1v) is 6.98. The van der Waals surface area contributed by atoms with E-state index in [-0.39, 0.29) is 11.7 Å². The molecular weight excluding hydrogens is 320 g/mol. The number of hydrogen-bond donors (Lipinski definition) is 2. The monoisotopic (exact) mass is 334 g/mol. The summed E-state index contributed by atoms with van der Waals surface area (Å²) < 4.78 is 0.826. The molecule has 2 aromatic rings. The summed E-state index contributed by atoms with van der Waals surface area (Å²) >= 11 is 3.32. The van der Waals surface area contributed by atoms with Gasteiger partial charge in [-0.3, -0.25) is 4.79 Å². The van der Waals surface area contributed by atoms with E-state index in [1.807, 2.05) is 6.92 Å². The Balaban J connectivity index is 2.39. The average Bonchev–Trinajstić information content (AvgIpc) is 2.39. The first-order valence-electron chi connectivity index (χ1n) is 6.19. The van der Waals surface area contributed by atoms with E-state index >= 15 is 0 Å². The summed E-state index contributed by atoms with van der Waals surface area (Å²) in [6.07, 6.45) is 0. The van der Waals surface area contributed by atoms with Crippen LogP contribution in [0.1, 0.15) is 17.3 Å². The molecule has 0 spiro atoms. The molecule has 0 aliphatic carbocycles. The first-order chi connectivity index (χ1) is 9.52. The first kappa shape index (κ1) is 14.4. The molecule has 0 saturated heterocycles. The quantitative estimate of drug-likeness (QED) is 0.845. The number of nitrogens with two attached hydrogens (primary N) is 1. The van der Waals surface area contributed by atoms with Crippen LogP contribution < -0.4 is 10.6 Å². The van der Waals surface area contributed by atoms with Crippen LogP contribution >= 0.6 is 15.9 Å². The lowest BCUT2D eigenvalue weighted by Gasteiger charge is -2.22. The van der Waals surface area contributed by atoms with Gasteiger partial charge in [-0.1, -0.05) is 22.0 Å². The van der Waals surface area contributed by atoms with Crippen LogP contribution in [0.4, 0.5) is 11.4 Å². The average molecular weight is 335 g/mol. The molecule has 3 N–H and O–H groups in total. The lowest BCUT2D eigenvalue weighted by Crippen LogP contribution is -2.31. The van der Waals surface area contributed by atoms with E-state index in [1.54, 1.807) is 47.4 Å². The molecule has 104 valence electrons. The Morgan fingerprint density at radius 3 is 2.65 bits per heavy atom. The molecule has 0 saturated carbocycles. The van der Waals surface area contributed by atoms with Crippen LogP contribution in [0.2, 0.25) is 0 Å². The van der Waals surface area contributed by atoms with Crippen LogP contribution in [-0.4, -0.2) is 17.6 Å². The van der Waals surface area contributed by atoms with E-state index in [0.717, 1.165) is 4.47 Å². The lowest BCUT2D eigenvalue weighted by molar-refractivity contribution is 0.0989. The number of carbonyl (C=O) groups is 1. The fraction of sp³-hybridized carbons (Fsp3) is 0.133. The van der Waals surface area contributed by atoms with Crippen LogP contribution in [0, 0.1) is 0 Å². The summed E-state index contributed by atoms with van der Waals surface area (Å²) in [5.74, 6) is -0.0689. The normalized spacial score (nSPS) is 10.3. The third-order valence-electron chi connectivity index (χ3n) is 2.95. The standard InChI is InChI=1S/C15H15BrN2O2/c1-2-18(11-4-3-5-12(19)9-11)15(20)13-7-6-10(16)8-14(13)17/h3-9,19H,2,17H2,1H3. The molecule has 2 aromatic carbocycles. The fourth-order valence-electron chi connectivity index (χ4n) is 1.98. The number of rotatable bonds is 3. The second kappa shape index (κ2) is 5.96. The number of amides is 1. The van der Waals surface area contributed by atoms with Crippen LogP contribution in [0.15, 0.2) is 46.9 Å². The largest absolute Gasteiger partial charge is 0.508 e. The van der Waals surface area contributed by atoms with E-state index in [4.69, 9.17) is 5.73 Å². The number of phenols is 1.